The number of hydrogen-bond acceptors (Lipinski definition) is 2. The SMILES string of the molecule is CCNC(=NCC(=O)N1CCCC1)N1CCC(Cc2ccccc2)C1. The van der Waals surface area contributed by atoms with Crippen LogP contribution in [0, 0.1) is 5.92 Å². The average molecular weight is 342 g/mol. The Morgan fingerprint density at radius 3 is 2.64 bits per heavy atom. The van der Waals surface area contributed by atoms with Gasteiger partial charge in [-0.3, -0.25) is 4.79 Å². The molecular weight excluding hydrogens is 312 g/mol. The van der Waals surface area contributed by atoms with E-state index in [2.05, 4.69) is 52.5 Å². The summed E-state index contributed by atoms with van der Waals surface area (Å²) in [5.74, 6) is 1.71. The Morgan fingerprint density at radius 2 is 1.92 bits per heavy atom. The highest BCUT2D eigenvalue weighted by molar-refractivity contribution is 5.85. The van der Waals surface area contributed by atoms with Crippen LogP contribution >= 0.6 is 0 Å². The van der Waals surface area contributed by atoms with E-state index in [0.29, 0.717) is 5.92 Å². The molecule has 1 N–H and O–H groups in total. The van der Waals surface area contributed by atoms with Gasteiger partial charge in [-0.25, -0.2) is 4.99 Å². The minimum absolute atomic E-state index is 0.160. The van der Waals surface area contributed by atoms with Gasteiger partial charge in [0.15, 0.2) is 5.96 Å². The highest BCUT2D eigenvalue weighted by Crippen LogP contribution is 2.21. The number of carbonyl (C=O) groups is 1. The van der Waals surface area contributed by atoms with Crippen molar-refractivity contribution in [3.8, 4) is 0 Å². The summed E-state index contributed by atoms with van der Waals surface area (Å²) in [6, 6.07) is 10.7. The van der Waals surface area contributed by atoms with Crippen molar-refractivity contribution in [2.24, 2.45) is 10.9 Å². The Balaban J connectivity index is 1.55. The van der Waals surface area contributed by atoms with Gasteiger partial charge in [0.25, 0.3) is 0 Å². The van der Waals surface area contributed by atoms with E-state index in [4.69, 9.17) is 0 Å². The summed E-state index contributed by atoms with van der Waals surface area (Å²) >= 11 is 0. The largest absolute Gasteiger partial charge is 0.357 e. The summed E-state index contributed by atoms with van der Waals surface area (Å²) in [5.41, 5.74) is 1.40. The average Bonchev–Trinajstić information content (AvgIpc) is 3.31. The first-order chi connectivity index (χ1) is 12.3. The summed E-state index contributed by atoms with van der Waals surface area (Å²) in [6.45, 7) is 7.00. The van der Waals surface area contributed by atoms with Gasteiger partial charge < -0.3 is 15.1 Å². The van der Waals surface area contributed by atoms with Crippen molar-refractivity contribution in [2.45, 2.75) is 32.6 Å². The lowest BCUT2D eigenvalue weighted by atomic mass is 9.99. The Morgan fingerprint density at radius 1 is 1.16 bits per heavy atom. The van der Waals surface area contributed by atoms with Crippen molar-refractivity contribution in [3.05, 3.63) is 35.9 Å². The number of carbonyl (C=O) groups excluding carboxylic acids is 1. The summed E-state index contributed by atoms with van der Waals surface area (Å²) in [6.07, 6.45) is 4.55. The number of aliphatic imine (C=N–C) groups is 1. The second-order valence-corrected chi connectivity index (χ2v) is 7.05. The Labute approximate surface area is 151 Å². The van der Waals surface area contributed by atoms with E-state index in [1.54, 1.807) is 0 Å². The van der Waals surface area contributed by atoms with Crippen LogP contribution < -0.4 is 5.32 Å². The first-order valence-electron chi connectivity index (χ1n) is 9.61. The quantitative estimate of drug-likeness (QED) is 0.659. The van der Waals surface area contributed by atoms with Gasteiger partial charge in [0.1, 0.15) is 6.54 Å². The van der Waals surface area contributed by atoms with Gasteiger partial charge in [-0.15, -0.1) is 0 Å². The van der Waals surface area contributed by atoms with Crippen LogP contribution in [0.1, 0.15) is 31.7 Å². The highest BCUT2D eigenvalue weighted by Gasteiger charge is 2.25. The monoisotopic (exact) mass is 342 g/mol. The van der Waals surface area contributed by atoms with E-state index < -0.39 is 0 Å². The second kappa shape index (κ2) is 8.88. The molecule has 0 saturated carbocycles. The first kappa shape index (κ1) is 17.8. The molecule has 0 bridgehead atoms. The lowest BCUT2D eigenvalue weighted by Gasteiger charge is -2.22. The third-order valence-electron chi connectivity index (χ3n) is 5.11. The molecule has 136 valence electrons. The van der Waals surface area contributed by atoms with Crippen molar-refractivity contribution in [3.63, 3.8) is 0 Å². The summed E-state index contributed by atoms with van der Waals surface area (Å²) < 4.78 is 0. The van der Waals surface area contributed by atoms with Crippen LogP contribution in [-0.2, 0) is 11.2 Å². The van der Waals surface area contributed by atoms with Crippen molar-refractivity contribution < 1.29 is 4.79 Å². The normalized spacial score (nSPS) is 21.0. The van der Waals surface area contributed by atoms with Crippen LogP contribution in [0.25, 0.3) is 0 Å². The predicted molar refractivity (Wildman–Crippen MR) is 102 cm³/mol. The lowest BCUT2D eigenvalue weighted by molar-refractivity contribution is -0.128. The molecule has 2 aliphatic rings. The third kappa shape index (κ3) is 4.97. The maximum atomic E-state index is 12.2. The minimum atomic E-state index is 0.160. The molecule has 2 fully saturated rings. The fraction of sp³-hybridized carbons (Fsp3) is 0.600. The van der Waals surface area contributed by atoms with Gasteiger partial charge in [0.05, 0.1) is 0 Å². The molecule has 25 heavy (non-hydrogen) atoms. The molecule has 5 nitrogen and oxygen atoms in total. The minimum Gasteiger partial charge on any atom is -0.357 e. The van der Waals surface area contributed by atoms with Crippen LogP contribution in [0.5, 0.6) is 0 Å². The number of benzene rings is 1. The predicted octanol–water partition coefficient (Wildman–Crippen LogP) is 2.14. The lowest BCUT2D eigenvalue weighted by Crippen LogP contribution is -2.41. The number of nitrogens with zero attached hydrogens (tertiary/aromatic N) is 3. The molecule has 3 rings (SSSR count). The molecular formula is C20H30N4O. The Kier molecular flexibility index (Phi) is 6.31. The highest BCUT2D eigenvalue weighted by atomic mass is 16.2. The van der Waals surface area contributed by atoms with Crippen molar-refractivity contribution in [2.75, 3.05) is 39.3 Å². The Bertz CT molecular complexity index is 581. The Hall–Kier alpha value is -2.04. The van der Waals surface area contributed by atoms with Crippen LogP contribution in [0.4, 0.5) is 0 Å². The number of likely N-dealkylation sites (tertiary alicyclic amines) is 2. The van der Waals surface area contributed by atoms with Gasteiger partial charge in [-0.1, -0.05) is 30.3 Å². The molecule has 2 heterocycles. The molecule has 1 aromatic rings. The molecule has 0 aromatic heterocycles. The zero-order chi connectivity index (χ0) is 17.5. The van der Waals surface area contributed by atoms with Gasteiger partial charge in [-0.05, 0) is 44.1 Å². The third-order valence-corrected chi connectivity index (χ3v) is 5.11. The van der Waals surface area contributed by atoms with E-state index in [1.165, 1.54) is 12.0 Å². The molecule has 1 aromatic carbocycles. The van der Waals surface area contributed by atoms with Crippen molar-refractivity contribution in [1.29, 1.82) is 0 Å². The smallest absolute Gasteiger partial charge is 0.244 e. The number of rotatable bonds is 5. The van der Waals surface area contributed by atoms with Gasteiger partial charge in [0, 0.05) is 32.7 Å². The molecule has 5 heteroatoms. The second-order valence-electron chi connectivity index (χ2n) is 7.05. The molecule has 1 atom stereocenters. The number of hydrogen-bond donors (Lipinski definition) is 1. The van der Waals surface area contributed by atoms with Crippen LogP contribution in [0.3, 0.4) is 0 Å². The van der Waals surface area contributed by atoms with Crippen LogP contribution in [0.2, 0.25) is 0 Å². The maximum Gasteiger partial charge on any atom is 0.244 e. The summed E-state index contributed by atoms with van der Waals surface area (Å²) in [5, 5.41) is 3.36. The van der Waals surface area contributed by atoms with Gasteiger partial charge >= 0.3 is 0 Å². The molecule has 2 aliphatic heterocycles. The summed E-state index contributed by atoms with van der Waals surface area (Å²) in [4.78, 5) is 21.1. The fourth-order valence-electron chi connectivity index (χ4n) is 3.77. The molecule has 1 amide bonds. The zero-order valence-corrected chi connectivity index (χ0v) is 15.3. The molecule has 0 aliphatic carbocycles. The maximum absolute atomic E-state index is 12.2. The van der Waals surface area contributed by atoms with Gasteiger partial charge in [0.2, 0.25) is 5.91 Å². The molecule has 0 radical (unpaired) electrons. The van der Waals surface area contributed by atoms with E-state index >= 15 is 0 Å². The van der Waals surface area contributed by atoms with E-state index in [0.717, 1.165) is 57.9 Å². The van der Waals surface area contributed by atoms with Crippen LogP contribution in [-0.4, -0.2) is 60.9 Å². The molecule has 0 spiro atoms. The van der Waals surface area contributed by atoms with E-state index in [9.17, 15) is 4.79 Å². The fourth-order valence-corrected chi connectivity index (χ4v) is 3.77. The van der Waals surface area contributed by atoms with Crippen molar-refractivity contribution in [1.82, 2.24) is 15.1 Å². The first-order valence-corrected chi connectivity index (χ1v) is 9.61. The summed E-state index contributed by atoms with van der Waals surface area (Å²) in [7, 11) is 0. The molecule has 1 unspecified atom stereocenters. The standard InChI is InChI=1S/C20H30N4O/c1-2-21-20(22-15-19(25)23-11-6-7-12-23)24-13-10-18(16-24)14-17-8-4-3-5-9-17/h3-5,8-9,18H,2,6-7,10-16H2,1H3,(H,21,22). The topological polar surface area (TPSA) is 47.9 Å². The van der Waals surface area contributed by atoms with Crippen molar-refractivity contribution >= 4 is 11.9 Å². The number of nitrogens with one attached hydrogen (secondary N) is 1. The molecule has 2 saturated heterocycles. The van der Waals surface area contributed by atoms with E-state index in [1.807, 2.05) is 4.90 Å². The van der Waals surface area contributed by atoms with E-state index in [-0.39, 0.29) is 12.5 Å². The van der Waals surface area contributed by atoms with Crippen LogP contribution in [0.15, 0.2) is 35.3 Å². The van der Waals surface area contributed by atoms with Gasteiger partial charge in [-0.2, -0.15) is 0 Å². The number of guanidine groups is 1. The number of amides is 1. The zero-order valence-electron chi connectivity index (χ0n) is 15.3.